The Hall–Kier alpha value is -7.68. The van der Waals surface area contributed by atoms with Crippen LogP contribution in [-0.2, 0) is 0 Å². The molecule has 274 valence electrons. The van der Waals surface area contributed by atoms with Gasteiger partial charge in [0.15, 0.2) is 0 Å². The molecule has 0 N–H and O–H groups in total. The summed E-state index contributed by atoms with van der Waals surface area (Å²) in [4.78, 5) is 4.65. The number of benzene rings is 10. The molecule has 0 heterocycles. The Morgan fingerprint density at radius 1 is 0.172 bits per heavy atom. The van der Waals surface area contributed by atoms with E-state index in [0.717, 1.165) is 34.1 Å². The highest BCUT2D eigenvalue weighted by molar-refractivity contribution is 6.21. The molecule has 0 aliphatic rings. The second-order valence-electron chi connectivity index (χ2n) is 14.5. The highest BCUT2D eigenvalue weighted by Crippen LogP contribution is 2.45. The Balaban J connectivity index is 1.09. The molecular formula is C56H40N2. The van der Waals surface area contributed by atoms with E-state index in [9.17, 15) is 0 Å². The predicted molar refractivity (Wildman–Crippen MR) is 247 cm³/mol. The molecule has 0 aliphatic carbocycles. The molecule has 10 rings (SSSR count). The van der Waals surface area contributed by atoms with Crippen molar-refractivity contribution < 1.29 is 0 Å². The van der Waals surface area contributed by atoms with Crippen LogP contribution in [0.2, 0.25) is 0 Å². The molecular weight excluding hydrogens is 701 g/mol. The summed E-state index contributed by atoms with van der Waals surface area (Å²) in [5.74, 6) is 0. The largest absolute Gasteiger partial charge is 0.311 e. The lowest BCUT2D eigenvalue weighted by molar-refractivity contribution is 1.26. The van der Waals surface area contributed by atoms with Crippen LogP contribution in [0.5, 0.6) is 0 Å². The van der Waals surface area contributed by atoms with Crippen LogP contribution < -0.4 is 9.80 Å². The van der Waals surface area contributed by atoms with Crippen LogP contribution in [0.3, 0.4) is 0 Å². The molecule has 0 aliphatic heterocycles. The quantitative estimate of drug-likeness (QED) is 0.136. The van der Waals surface area contributed by atoms with Gasteiger partial charge >= 0.3 is 0 Å². The second kappa shape index (κ2) is 15.5. The number of fused-ring (bicyclic) bond motifs is 2. The van der Waals surface area contributed by atoms with Crippen molar-refractivity contribution in [2.45, 2.75) is 0 Å². The Morgan fingerprint density at radius 2 is 0.397 bits per heavy atom. The molecule has 0 amide bonds. The van der Waals surface area contributed by atoms with Gasteiger partial charge < -0.3 is 9.80 Å². The monoisotopic (exact) mass is 740 g/mol. The van der Waals surface area contributed by atoms with Gasteiger partial charge in [0, 0.05) is 34.1 Å². The molecule has 58 heavy (non-hydrogen) atoms. The van der Waals surface area contributed by atoms with Gasteiger partial charge in [0.2, 0.25) is 0 Å². The third-order valence-corrected chi connectivity index (χ3v) is 11.0. The maximum Gasteiger partial charge on any atom is 0.0463 e. The number of hydrogen-bond donors (Lipinski definition) is 0. The van der Waals surface area contributed by atoms with Crippen molar-refractivity contribution in [2.75, 3.05) is 9.80 Å². The topological polar surface area (TPSA) is 6.48 Å². The summed E-state index contributed by atoms with van der Waals surface area (Å²) >= 11 is 0. The van der Waals surface area contributed by atoms with Gasteiger partial charge in [0.25, 0.3) is 0 Å². The van der Waals surface area contributed by atoms with Crippen molar-refractivity contribution in [3.8, 4) is 33.4 Å². The van der Waals surface area contributed by atoms with Gasteiger partial charge in [0.05, 0.1) is 0 Å². The smallest absolute Gasteiger partial charge is 0.0463 e. The molecule has 0 saturated heterocycles. The van der Waals surface area contributed by atoms with Gasteiger partial charge in [-0.05, 0) is 128 Å². The summed E-state index contributed by atoms with van der Waals surface area (Å²) in [6, 6.07) is 87.1. The van der Waals surface area contributed by atoms with E-state index in [0.29, 0.717) is 0 Å². The van der Waals surface area contributed by atoms with E-state index in [1.165, 1.54) is 54.9 Å². The molecule has 0 unspecified atom stereocenters. The van der Waals surface area contributed by atoms with E-state index < -0.39 is 0 Å². The van der Waals surface area contributed by atoms with Crippen molar-refractivity contribution in [1.82, 2.24) is 0 Å². The van der Waals surface area contributed by atoms with E-state index in [2.05, 4.69) is 252 Å². The fraction of sp³-hybridized carbons (Fsp3) is 0. The molecule has 0 aromatic heterocycles. The van der Waals surface area contributed by atoms with Gasteiger partial charge in [-0.2, -0.15) is 0 Å². The molecule has 10 aromatic carbocycles. The Morgan fingerprint density at radius 3 is 0.759 bits per heavy atom. The zero-order chi connectivity index (χ0) is 38.7. The van der Waals surface area contributed by atoms with Gasteiger partial charge in [-0.25, -0.2) is 0 Å². The fourth-order valence-electron chi connectivity index (χ4n) is 8.37. The summed E-state index contributed by atoms with van der Waals surface area (Å²) in [6.45, 7) is 0. The lowest BCUT2D eigenvalue weighted by atomic mass is 9.86. The van der Waals surface area contributed by atoms with Gasteiger partial charge in [-0.3, -0.25) is 0 Å². The first-order valence-electron chi connectivity index (χ1n) is 19.9. The second-order valence-corrected chi connectivity index (χ2v) is 14.5. The van der Waals surface area contributed by atoms with Crippen molar-refractivity contribution >= 4 is 55.7 Å². The van der Waals surface area contributed by atoms with Gasteiger partial charge in [-0.1, -0.05) is 170 Å². The number of para-hydroxylation sites is 2. The van der Waals surface area contributed by atoms with Crippen LogP contribution in [0, 0.1) is 0 Å². The summed E-state index contributed by atoms with van der Waals surface area (Å²) in [6.07, 6.45) is 0. The molecule has 0 radical (unpaired) electrons. The average Bonchev–Trinajstić information content (AvgIpc) is 3.31. The van der Waals surface area contributed by atoms with Crippen molar-refractivity contribution in [3.05, 3.63) is 243 Å². The summed E-state index contributed by atoms with van der Waals surface area (Å²) < 4.78 is 0. The summed E-state index contributed by atoms with van der Waals surface area (Å²) in [5, 5.41) is 5.01. The van der Waals surface area contributed by atoms with Crippen LogP contribution in [-0.4, -0.2) is 0 Å². The van der Waals surface area contributed by atoms with Crippen LogP contribution in [0.15, 0.2) is 243 Å². The maximum atomic E-state index is 2.35. The van der Waals surface area contributed by atoms with Crippen molar-refractivity contribution in [1.29, 1.82) is 0 Å². The highest BCUT2D eigenvalue weighted by Gasteiger charge is 2.19. The number of nitrogens with zero attached hydrogens (tertiary/aromatic N) is 2. The first kappa shape index (κ1) is 34.8. The lowest BCUT2D eigenvalue weighted by Crippen LogP contribution is -2.12. The normalized spacial score (nSPS) is 11.1. The molecule has 0 fully saturated rings. The van der Waals surface area contributed by atoms with E-state index in [1.54, 1.807) is 0 Å². The van der Waals surface area contributed by atoms with E-state index in [4.69, 9.17) is 0 Å². The van der Waals surface area contributed by atoms with Gasteiger partial charge in [-0.15, -0.1) is 0 Å². The maximum absolute atomic E-state index is 2.35. The van der Waals surface area contributed by atoms with E-state index >= 15 is 0 Å². The van der Waals surface area contributed by atoms with E-state index in [1.807, 2.05) is 0 Å². The average molecular weight is 741 g/mol. The predicted octanol–water partition coefficient (Wildman–Crippen LogP) is 15.9. The summed E-state index contributed by atoms with van der Waals surface area (Å²) in [7, 11) is 0. The number of rotatable bonds is 9. The fourth-order valence-corrected chi connectivity index (χ4v) is 8.37. The van der Waals surface area contributed by atoms with Crippen LogP contribution in [0.4, 0.5) is 34.1 Å². The van der Waals surface area contributed by atoms with E-state index in [-0.39, 0.29) is 0 Å². The molecule has 2 nitrogen and oxygen atoms in total. The van der Waals surface area contributed by atoms with Crippen LogP contribution in [0.1, 0.15) is 0 Å². The van der Waals surface area contributed by atoms with Crippen LogP contribution >= 0.6 is 0 Å². The molecule has 10 aromatic rings. The molecule has 0 bridgehead atoms. The first-order valence-corrected chi connectivity index (χ1v) is 19.9. The lowest BCUT2D eigenvalue weighted by Gasteiger charge is -2.28. The highest BCUT2D eigenvalue weighted by atomic mass is 15.2. The third kappa shape index (κ3) is 6.57. The molecule has 0 atom stereocenters. The third-order valence-electron chi connectivity index (χ3n) is 11.0. The minimum atomic E-state index is 1.08. The number of anilines is 6. The van der Waals surface area contributed by atoms with Crippen LogP contribution in [0.25, 0.3) is 54.9 Å². The van der Waals surface area contributed by atoms with Crippen molar-refractivity contribution in [3.63, 3.8) is 0 Å². The Kier molecular flexibility index (Phi) is 9.27. The Labute approximate surface area is 340 Å². The standard InChI is InChI=1S/C56H40N2/c1-5-17-41(18-6-1)42-29-33-47(34-30-42)58(50-39-37-49(38-40-50)57(45-21-9-3-10-22-45)46-23-11-4-12-24-46)48-35-31-44(32-36-48)56-53-27-15-13-25-51(53)55(43-19-7-2-8-20-43)52-26-14-16-28-54(52)56/h1-40H. The molecule has 0 spiro atoms. The Bertz CT molecular complexity index is 2850. The summed E-state index contributed by atoms with van der Waals surface area (Å²) in [5.41, 5.74) is 13.9. The molecule has 2 heteroatoms. The van der Waals surface area contributed by atoms with Crippen molar-refractivity contribution in [2.24, 2.45) is 0 Å². The minimum Gasteiger partial charge on any atom is -0.311 e. The minimum absolute atomic E-state index is 1.08. The zero-order valence-corrected chi connectivity index (χ0v) is 32.0. The molecule has 0 saturated carbocycles. The van der Waals surface area contributed by atoms with Gasteiger partial charge in [0.1, 0.15) is 0 Å². The zero-order valence-electron chi connectivity index (χ0n) is 32.0. The first-order chi connectivity index (χ1) is 28.8. The number of hydrogen-bond acceptors (Lipinski definition) is 2. The SMILES string of the molecule is c1ccc(-c2ccc(N(c3ccc(-c4c5ccccc5c(-c5ccccc5)c5ccccc45)cc3)c3ccc(N(c4ccccc4)c4ccccc4)cc3)cc2)cc1.